The minimum Gasteiger partial charge on any atom is -0.368 e. The quantitative estimate of drug-likeness (QED) is 0.903. The lowest BCUT2D eigenvalue weighted by Crippen LogP contribution is -2.46. The summed E-state index contributed by atoms with van der Waals surface area (Å²) in [5.74, 6) is 0. The van der Waals surface area contributed by atoms with E-state index < -0.39 is 0 Å². The van der Waals surface area contributed by atoms with Gasteiger partial charge < -0.3 is 9.80 Å². The summed E-state index contributed by atoms with van der Waals surface area (Å²) in [4.78, 5) is 4.70. The van der Waals surface area contributed by atoms with Crippen LogP contribution in [0.25, 0.3) is 0 Å². The fraction of sp³-hybridized carbons (Fsp3) is 0.308. The second kappa shape index (κ2) is 4.90. The maximum Gasteiger partial charge on any atom is 0.0751 e. The van der Waals surface area contributed by atoms with E-state index in [-0.39, 0.29) is 0 Å². The van der Waals surface area contributed by atoms with Crippen molar-refractivity contribution >= 4 is 23.0 Å². The van der Waals surface area contributed by atoms with E-state index in [0.717, 1.165) is 31.2 Å². The van der Waals surface area contributed by atoms with Crippen LogP contribution in [-0.4, -0.2) is 36.4 Å². The van der Waals surface area contributed by atoms with Gasteiger partial charge in [0.1, 0.15) is 0 Å². The van der Waals surface area contributed by atoms with E-state index >= 15 is 0 Å². The molecule has 1 N–H and O–H groups in total. The fourth-order valence-corrected chi connectivity index (χ4v) is 2.50. The number of aromatic amines is 1. The van der Waals surface area contributed by atoms with E-state index in [2.05, 4.69) is 26.1 Å². The van der Waals surface area contributed by atoms with Crippen LogP contribution in [0.2, 0.25) is 5.02 Å². The number of nitrogens with one attached hydrogen (secondary N) is 1. The number of rotatable bonds is 2. The van der Waals surface area contributed by atoms with Crippen LogP contribution in [0.5, 0.6) is 0 Å². The first-order valence-corrected chi connectivity index (χ1v) is 6.45. The molecule has 1 aromatic heterocycles. The van der Waals surface area contributed by atoms with Crippen molar-refractivity contribution in [3.05, 3.63) is 41.7 Å². The van der Waals surface area contributed by atoms with Crippen molar-refractivity contribution in [1.29, 1.82) is 0 Å². The average Bonchev–Trinajstić information content (AvgIpc) is 2.93. The number of piperazine rings is 1. The average molecular weight is 263 g/mol. The summed E-state index contributed by atoms with van der Waals surface area (Å²) >= 11 is 6.02. The molecule has 3 rings (SSSR count). The van der Waals surface area contributed by atoms with E-state index in [4.69, 9.17) is 11.6 Å². The van der Waals surface area contributed by atoms with Crippen molar-refractivity contribution in [3.63, 3.8) is 0 Å². The zero-order valence-electron chi connectivity index (χ0n) is 10.0. The van der Waals surface area contributed by atoms with Gasteiger partial charge in [-0.3, -0.25) is 5.10 Å². The van der Waals surface area contributed by atoms with E-state index in [9.17, 15) is 0 Å². The molecule has 0 saturated carbocycles. The van der Waals surface area contributed by atoms with Gasteiger partial charge in [-0.15, -0.1) is 0 Å². The number of aromatic nitrogens is 2. The minimum absolute atomic E-state index is 0.796. The van der Waals surface area contributed by atoms with E-state index in [1.54, 1.807) is 0 Å². The highest BCUT2D eigenvalue weighted by molar-refractivity contribution is 6.30. The van der Waals surface area contributed by atoms with Gasteiger partial charge >= 0.3 is 0 Å². The molecule has 0 aliphatic carbocycles. The Balaban J connectivity index is 1.67. The molecule has 0 atom stereocenters. The summed E-state index contributed by atoms with van der Waals surface area (Å²) in [7, 11) is 0. The highest BCUT2D eigenvalue weighted by Gasteiger charge is 2.17. The molecule has 4 nitrogen and oxygen atoms in total. The smallest absolute Gasteiger partial charge is 0.0751 e. The standard InChI is InChI=1S/C13H15ClN4/c14-11-2-1-3-12(8-11)17-4-6-18(7-5-17)13-9-15-16-10-13/h1-3,8-10H,4-7H2,(H,15,16). The lowest BCUT2D eigenvalue weighted by atomic mass is 10.2. The van der Waals surface area contributed by atoms with E-state index in [1.807, 2.05) is 30.6 Å². The van der Waals surface area contributed by atoms with Crippen molar-refractivity contribution < 1.29 is 0 Å². The molecule has 94 valence electrons. The zero-order valence-corrected chi connectivity index (χ0v) is 10.8. The molecule has 1 aliphatic rings. The Hall–Kier alpha value is -1.68. The highest BCUT2D eigenvalue weighted by Crippen LogP contribution is 2.22. The van der Waals surface area contributed by atoms with Gasteiger partial charge in [-0.1, -0.05) is 17.7 Å². The second-order valence-corrected chi connectivity index (χ2v) is 4.85. The molecular formula is C13H15ClN4. The first-order chi connectivity index (χ1) is 8.83. The van der Waals surface area contributed by atoms with Crippen LogP contribution in [0.4, 0.5) is 11.4 Å². The third kappa shape index (κ3) is 2.29. The van der Waals surface area contributed by atoms with Crippen molar-refractivity contribution in [2.75, 3.05) is 36.0 Å². The molecule has 1 aromatic carbocycles. The Morgan fingerprint density at radius 1 is 1.06 bits per heavy atom. The normalized spacial score (nSPS) is 16.1. The van der Waals surface area contributed by atoms with E-state index in [0.29, 0.717) is 0 Å². The van der Waals surface area contributed by atoms with Crippen LogP contribution in [0.1, 0.15) is 0 Å². The largest absolute Gasteiger partial charge is 0.368 e. The summed E-state index contributed by atoms with van der Waals surface area (Å²) in [5, 5.41) is 7.64. The molecule has 1 aliphatic heterocycles. The Morgan fingerprint density at radius 3 is 2.39 bits per heavy atom. The number of halogens is 1. The van der Waals surface area contributed by atoms with Gasteiger partial charge in [0.15, 0.2) is 0 Å². The number of hydrogen-bond donors (Lipinski definition) is 1. The predicted octanol–water partition coefficient (Wildman–Crippen LogP) is 2.39. The molecule has 0 amide bonds. The third-order valence-corrected chi connectivity index (χ3v) is 3.54. The number of anilines is 2. The summed E-state index contributed by atoms with van der Waals surface area (Å²) in [6, 6.07) is 8.04. The molecule has 0 bridgehead atoms. The Labute approximate surface area is 111 Å². The van der Waals surface area contributed by atoms with E-state index in [1.165, 1.54) is 11.4 Å². The second-order valence-electron chi connectivity index (χ2n) is 4.41. The Kier molecular flexibility index (Phi) is 3.11. The molecule has 0 radical (unpaired) electrons. The van der Waals surface area contributed by atoms with Gasteiger partial charge in [0.25, 0.3) is 0 Å². The van der Waals surface area contributed by atoms with Gasteiger partial charge in [-0.2, -0.15) is 5.10 Å². The lowest BCUT2D eigenvalue weighted by molar-refractivity contribution is 0.654. The first-order valence-electron chi connectivity index (χ1n) is 6.07. The molecule has 1 saturated heterocycles. The van der Waals surface area contributed by atoms with Crippen LogP contribution < -0.4 is 9.80 Å². The van der Waals surface area contributed by atoms with Crippen molar-refractivity contribution in [3.8, 4) is 0 Å². The van der Waals surface area contributed by atoms with Crippen LogP contribution in [0.3, 0.4) is 0 Å². The summed E-state index contributed by atoms with van der Waals surface area (Å²) < 4.78 is 0. The summed E-state index contributed by atoms with van der Waals surface area (Å²) in [6.45, 7) is 4.02. The number of hydrogen-bond acceptors (Lipinski definition) is 3. The molecule has 0 spiro atoms. The molecule has 18 heavy (non-hydrogen) atoms. The van der Waals surface area contributed by atoms with Crippen LogP contribution in [0.15, 0.2) is 36.7 Å². The molecular weight excluding hydrogens is 248 g/mol. The minimum atomic E-state index is 0.796. The fourth-order valence-electron chi connectivity index (χ4n) is 2.31. The molecule has 0 unspecified atom stereocenters. The van der Waals surface area contributed by atoms with Crippen molar-refractivity contribution in [2.45, 2.75) is 0 Å². The van der Waals surface area contributed by atoms with Gasteiger partial charge in [0.2, 0.25) is 0 Å². The third-order valence-electron chi connectivity index (χ3n) is 3.30. The predicted molar refractivity (Wildman–Crippen MR) is 74.5 cm³/mol. The monoisotopic (exact) mass is 262 g/mol. The summed E-state index contributed by atoms with van der Waals surface area (Å²) in [6.07, 6.45) is 3.81. The maximum absolute atomic E-state index is 6.02. The van der Waals surface area contributed by atoms with Crippen LogP contribution in [-0.2, 0) is 0 Å². The molecule has 2 heterocycles. The van der Waals surface area contributed by atoms with Gasteiger partial charge in [-0.25, -0.2) is 0 Å². The number of nitrogens with zero attached hydrogens (tertiary/aromatic N) is 3. The first kappa shape index (κ1) is 11.4. The number of benzene rings is 1. The summed E-state index contributed by atoms with van der Waals surface area (Å²) in [5.41, 5.74) is 2.37. The molecule has 2 aromatic rings. The van der Waals surface area contributed by atoms with Gasteiger partial charge in [-0.05, 0) is 18.2 Å². The molecule has 5 heteroatoms. The SMILES string of the molecule is Clc1cccc(N2CCN(c3cn[nH]c3)CC2)c1. The Bertz CT molecular complexity index is 503. The van der Waals surface area contributed by atoms with Gasteiger partial charge in [0.05, 0.1) is 11.9 Å². The Morgan fingerprint density at radius 2 is 1.78 bits per heavy atom. The van der Waals surface area contributed by atoms with Crippen molar-refractivity contribution in [2.24, 2.45) is 0 Å². The number of H-pyrrole nitrogens is 1. The highest BCUT2D eigenvalue weighted by atomic mass is 35.5. The van der Waals surface area contributed by atoms with Crippen molar-refractivity contribution in [1.82, 2.24) is 10.2 Å². The topological polar surface area (TPSA) is 35.2 Å². The maximum atomic E-state index is 6.02. The van der Waals surface area contributed by atoms with Crippen LogP contribution >= 0.6 is 11.6 Å². The lowest BCUT2D eigenvalue weighted by Gasteiger charge is -2.36. The molecule has 1 fully saturated rings. The zero-order chi connectivity index (χ0) is 12.4. The van der Waals surface area contributed by atoms with Crippen LogP contribution in [0, 0.1) is 0 Å². The van der Waals surface area contributed by atoms with Gasteiger partial charge in [0, 0.05) is 43.1 Å².